The summed E-state index contributed by atoms with van der Waals surface area (Å²) in [4.78, 5) is 0. The van der Waals surface area contributed by atoms with Gasteiger partial charge in [-0.05, 0) is 13.8 Å². The molecule has 0 bridgehead atoms. The zero-order valence-corrected chi connectivity index (χ0v) is 6.06. The summed E-state index contributed by atoms with van der Waals surface area (Å²) in [6.07, 6.45) is 0. The van der Waals surface area contributed by atoms with E-state index in [1.54, 1.807) is 6.92 Å². The van der Waals surface area contributed by atoms with Crippen molar-refractivity contribution in [2.24, 2.45) is 0 Å². The summed E-state index contributed by atoms with van der Waals surface area (Å²) >= 11 is 0. The van der Waals surface area contributed by atoms with Gasteiger partial charge < -0.3 is 5.73 Å². The Morgan fingerprint density at radius 1 is 1.70 bits per heavy atom. The van der Waals surface area contributed by atoms with Gasteiger partial charge in [-0.1, -0.05) is 0 Å². The lowest BCUT2D eigenvalue weighted by molar-refractivity contribution is 0.473. The lowest BCUT2D eigenvalue weighted by Gasteiger charge is -1.92. The van der Waals surface area contributed by atoms with Crippen molar-refractivity contribution in [1.29, 1.82) is 0 Å². The molecule has 0 aliphatic carbocycles. The van der Waals surface area contributed by atoms with Gasteiger partial charge in [0.2, 0.25) is 5.95 Å². The van der Waals surface area contributed by atoms with Crippen LogP contribution in [0.15, 0.2) is 0 Å². The van der Waals surface area contributed by atoms with Crippen LogP contribution in [-0.4, -0.2) is 9.78 Å². The third-order valence-electron chi connectivity index (χ3n) is 1.41. The van der Waals surface area contributed by atoms with E-state index in [-0.39, 0.29) is 5.69 Å². The fourth-order valence-electron chi connectivity index (χ4n) is 0.777. The lowest BCUT2D eigenvalue weighted by atomic mass is 10.4. The van der Waals surface area contributed by atoms with Crippen molar-refractivity contribution in [1.82, 2.24) is 9.78 Å². The van der Waals surface area contributed by atoms with E-state index in [1.165, 1.54) is 4.68 Å². The largest absolute Gasteiger partial charge is 0.393 e. The number of anilines is 1. The van der Waals surface area contributed by atoms with Crippen LogP contribution in [0.1, 0.15) is 12.6 Å². The quantitative estimate of drug-likeness (QED) is 0.635. The van der Waals surface area contributed by atoms with Gasteiger partial charge in [0, 0.05) is 6.54 Å². The number of aryl methyl sites for hydroxylation is 2. The third kappa shape index (κ3) is 0.853. The van der Waals surface area contributed by atoms with Crippen LogP contribution in [0.4, 0.5) is 10.1 Å². The average molecular weight is 143 g/mol. The molecule has 0 saturated carbocycles. The maximum Gasteiger partial charge on any atom is 0.234 e. The standard InChI is InChI=1S/C6H10FN3/c1-3-10-6(7)5(8)4(2)9-10/h3,8H2,1-2H3. The number of hydrogen-bond acceptors (Lipinski definition) is 2. The van der Waals surface area contributed by atoms with E-state index in [4.69, 9.17) is 5.73 Å². The zero-order chi connectivity index (χ0) is 7.72. The average Bonchev–Trinajstić information content (AvgIpc) is 2.17. The van der Waals surface area contributed by atoms with E-state index in [9.17, 15) is 4.39 Å². The van der Waals surface area contributed by atoms with Crippen molar-refractivity contribution in [2.45, 2.75) is 20.4 Å². The van der Waals surface area contributed by atoms with Crippen molar-refractivity contribution in [3.8, 4) is 0 Å². The van der Waals surface area contributed by atoms with Crippen molar-refractivity contribution in [2.75, 3.05) is 5.73 Å². The molecule has 0 spiro atoms. The maximum atomic E-state index is 12.8. The van der Waals surface area contributed by atoms with E-state index in [0.29, 0.717) is 12.2 Å². The maximum absolute atomic E-state index is 12.8. The highest BCUT2D eigenvalue weighted by atomic mass is 19.1. The van der Waals surface area contributed by atoms with E-state index in [1.807, 2.05) is 6.92 Å². The smallest absolute Gasteiger partial charge is 0.234 e. The van der Waals surface area contributed by atoms with E-state index in [0.717, 1.165) is 0 Å². The molecule has 1 rings (SSSR count). The number of nitrogen functional groups attached to an aromatic ring is 1. The van der Waals surface area contributed by atoms with Gasteiger partial charge in [0.05, 0.1) is 5.69 Å². The van der Waals surface area contributed by atoms with E-state index >= 15 is 0 Å². The predicted octanol–water partition coefficient (Wildman–Crippen LogP) is 0.933. The van der Waals surface area contributed by atoms with Gasteiger partial charge in [-0.15, -0.1) is 0 Å². The first-order valence-corrected chi connectivity index (χ1v) is 3.15. The minimum absolute atomic E-state index is 0.154. The number of nitrogens with zero attached hydrogens (tertiary/aromatic N) is 2. The molecule has 10 heavy (non-hydrogen) atoms. The Kier molecular flexibility index (Phi) is 1.61. The van der Waals surface area contributed by atoms with Crippen LogP contribution in [0.3, 0.4) is 0 Å². The Hall–Kier alpha value is -1.06. The highest BCUT2D eigenvalue weighted by Gasteiger charge is 2.08. The van der Waals surface area contributed by atoms with Crippen molar-refractivity contribution < 1.29 is 4.39 Å². The summed E-state index contributed by atoms with van der Waals surface area (Å²) in [6.45, 7) is 4.02. The lowest BCUT2D eigenvalue weighted by Crippen LogP contribution is -2.00. The number of rotatable bonds is 1. The first kappa shape index (κ1) is 7.05. The minimum Gasteiger partial charge on any atom is -0.393 e. The number of nitrogens with two attached hydrogens (primary N) is 1. The second-order valence-electron chi connectivity index (χ2n) is 2.11. The van der Waals surface area contributed by atoms with Gasteiger partial charge in [-0.2, -0.15) is 9.49 Å². The van der Waals surface area contributed by atoms with Gasteiger partial charge in [0.15, 0.2) is 0 Å². The van der Waals surface area contributed by atoms with E-state index < -0.39 is 5.95 Å². The molecule has 0 unspecified atom stereocenters. The molecule has 56 valence electrons. The summed E-state index contributed by atoms with van der Waals surface area (Å²) in [5, 5.41) is 3.84. The van der Waals surface area contributed by atoms with E-state index in [2.05, 4.69) is 5.10 Å². The Balaban J connectivity index is 3.17. The van der Waals surface area contributed by atoms with Gasteiger partial charge in [0.1, 0.15) is 5.69 Å². The molecule has 2 N–H and O–H groups in total. The minimum atomic E-state index is -0.431. The number of halogens is 1. The molecule has 1 heterocycles. The molecule has 4 heteroatoms. The summed E-state index contributed by atoms with van der Waals surface area (Å²) in [6, 6.07) is 0. The Labute approximate surface area is 58.6 Å². The SMILES string of the molecule is CCn1nc(C)c(N)c1F. The molecule has 3 nitrogen and oxygen atoms in total. The Bertz CT molecular complexity index is 241. The van der Waals surface area contributed by atoms with Crippen LogP contribution < -0.4 is 5.73 Å². The molecule has 0 aliphatic heterocycles. The van der Waals surface area contributed by atoms with Gasteiger partial charge in [-0.3, -0.25) is 0 Å². The predicted molar refractivity (Wildman–Crippen MR) is 37.0 cm³/mol. The number of aromatic nitrogens is 2. The summed E-state index contributed by atoms with van der Waals surface area (Å²) < 4.78 is 14.0. The monoisotopic (exact) mass is 143 g/mol. The van der Waals surface area contributed by atoms with Crippen LogP contribution in [0.2, 0.25) is 0 Å². The fraction of sp³-hybridized carbons (Fsp3) is 0.500. The van der Waals surface area contributed by atoms with Crippen LogP contribution >= 0.6 is 0 Å². The first-order valence-electron chi connectivity index (χ1n) is 3.15. The van der Waals surface area contributed by atoms with Gasteiger partial charge >= 0.3 is 0 Å². The fourth-order valence-corrected chi connectivity index (χ4v) is 0.777. The van der Waals surface area contributed by atoms with Gasteiger partial charge in [-0.25, -0.2) is 4.68 Å². The van der Waals surface area contributed by atoms with Gasteiger partial charge in [0.25, 0.3) is 0 Å². The second kappa shape index (κ2) is 2.28. The molecule has 0 saturated heterocycles. The highest BCUT2D eigenvalue weighted by molar-refractivity contribution is 5.40. The molecular formula is C6H10FN3. The molecule has 0 aliphatic rings. The Morgan fingerprint density at radius 2 is 2.30 bits per heavy atom. The molecule has 1 aromatic rings. The molecule has 0 radical (unpaired) electrons. The normalized spacial score (nSPS) is 10.3. The molecule has 0 amide bonds. The summed E-state index contributed by atoms with van der Waals surface area (Å²) in [7, 11) is 0. The summed E-state index contributed by atoms with van der Waals surface area (Å²) in [5.41, 5.74) is 6.03. The number of hydrogen-bond donors (Lipinski definition) is 1. The first-order chi connectivity index (χ1) is 4.66. The molecule has 0 atom stereocenters. The third-order valence-corrected chi connectivity index (χ3v) is 1.41. The Morgan fingerprint density at radius 3 is 2.50 bits per heavy atom. The highest BCUT2D eigenvalue weighted by Crippen LogP contribution is 2.12. The van der Waals surface area contributed by atoms with Crippen LogP contribution in [0, 0.1) is 12.9 Å². The zero-order valence-electron chi connectivity index (χ0n) is 6.06. The topological polar surface area (TPSA) is 43.8 Å². The van der Waals surface area contributed by atoms with Crippen LogP contribution in [0.5, 0.6) is 0 Å². The van der Waals surface area contributed by atoms with Crippen molar-refractivity contribution >= 4 is 5.69 Å². The molecule has 0 aromatic carbocycles. The molecule has 0 fully saturated rings. The van der Waals surface area contributed by atoms with Crippen molar-refractivity contribution in [3.63, 3.8) is 0 Å². The van der Waals surface area contributed by atoms with Crippen molar-refractivity contribution in [3.05, 3.63) is 11.6 Å². The molecular weight excluding hydrogens is 133 g/mol. The van der Waals surface area contributed by atoms with Crippen LogP contribution in [-0.2, 0) is 6.54 Å². The second-order valence-corrected chi connectivity index (χ2v) is 2.11. The molecule has 1 aromatic heterocycles. The van der Waals surface area contributed by atoms with Crippen LogP contribution in [0.25, 0.3) is 0 Å². The summed E-state index contributed by atoms with van der Waals surface area (Å²) in [5.74, 6) is -0.431.